The van der Waals surface area contributed by atoms with Crippen LogP contribution in [0.2, 0.25) is 0 Å². The molecule has 20 heavy (non-hydrogen) atoms. The van der Waals surface area contributed by atoms with Crippen molar-refractivity contribution in [1.82, 2.24) is 4.90 Å². The van der Waals surface area contributed by atoms with Crippen LogP contribution in [0.15, 0.2) is 21.6 Å². The van der Waals surface area contributed by atoms with Crippen LogP contribution < -0.4 is 5.73 Å². The molecular weight excluding hydrogens is 280 g/mol. The van der Waals surface area contributed by atoms with Crippen molar-refractivity contribution in [2.45, 2.75) is 25.8 Å². The van der Waals surface area contributed by atoms with Crippen molar-refractivity contribution in [2.24, 2.45) is 11.7 Å². The van der Waals surface area contributed by atoms with Crippen molar-refractivity contribution in [3.05, 3.63) is 21.6 Å². The molecule has 0 saturated carbocycles. The van der Waals surface area contributed by atoms with E-state index in [2.05, 4.69) is 0 Å². The zero-order chi connectivity index (χ0) is 14.9. The first-order chi connectivity index (χ1) is 9.51. The minimum absolute atomic E-state index is 0.0578. The van der Waals surface area contributed by atoms with Gasteiger partial charge in [0, 0.05) is 24.5 Å². The van der Waals surface area contributed by atoms with Crippen molar-refractivity contribution in [2.75, 3.05) is 13.2 Å². The van der Waals surface area contributed by atoms with Gasteiger partial charge in [-0.25, -0.2) is 4.79 Å². The third kappa shape index (κ3) is 2.48. The summed E-state index contributed by atoms with van der Waals surface area (Å²) in [5, 5.41) is 18.3. The van der Waals surface area contributed by atoms with Crippen LogP contribution in [-0.2, 0) is 9.59 Å². The molecule has 0 aliphatic carbocycles. The molecule has 1 amide bonds. The third-order valence-electron chi connectivity index (χ3n) is 3.58. The van der Waals surface area contributed by atoms with Crippen LogP contribution in [0.25, 0.3) is 0 Å². The van der Waals surface area contributed by atoms with Gasteiger partial charge in [0.25, 0.3) is 0 Å². The summed E-state index contributed by atoms with van der Waals surface area (Å²) < 4.78 is 0. The number of hydrogen-bond donors (Lipinski definition) is 3. The Labute approximate surface area is 121 Å². The third-order valence-corrected chi connectivity index (χ3v) is 4.68. The second-order valence-electron chi connectivity index (χ2n) is 4.83. The van der Waals surface area contributed by atoms with Gasteiger partial charge in [0.1, 0.15) is 5.70 Å². The van der Waals surface area contributed by atoms with Crippen LogP contribution in [0.1, 0.15) is 19.8 Å². The van der Waals surface area contributed by atoms with Gasteiger partial charge in [0.05, 0.1) is 12.0 Å². The number of carboxylic acid groups (broad SMARTS) is 1. The van der Waals surface area contributed by atoms with E-state index in [4.69, 9.17) is 10.8 Å². The summed E-state index contributed by atoms with van der Waals surface area (Å²) >= 11 is 1.36. The molecule has 0 spiro atoms. The largest absolute Gasteiger partial charge is 0.477 e. The number of allylic oxidation sites excluding steroid dienone is 1. The van der Waals surface area contributed by atoms with Gasteiger partial charge < -0.3 is 20.8 Å². The molecule has 0 aromatic carbocycles. The summed E-state index contributed by atoms with van der Waals surface area (Å²) in [6.45, 7) is 2.21. The van der Waals surface area contributed by atoms with Crippen LogP contribution in [0.3, 0.4) is 0 Å². The summed E-state index contributed by atoms with van der Waals surface area (Å²) in [5.41, 5.74) is 5.52. The first kappa shape index (κ1) is 15.1. The molecule has 1 saturated heterocycles. The highest BCUT2D eigenvalue weighted by molar-refractivity contribution is 8.06. The predicted molar refractivity (Wildman–Crippen MR) is 75.5 cm³/mol. The summed E-state index contributed by atoms with van der Waals surface area (Å²) in [7, 11) is 0. The van der Waals surface area contributed by atoms with Crippen molar-refractivity contribution in [3.63, 3.8) is 0 Å². The lowest BCUT2D eigenvalue weighted by Crippen LogP contribution is -2.58. The number of carboxylic acids is 1. The standard InChI is InChI=1S/C13H18N2O4S/c1-7(2-4-14)20-10-6-9-8(3-5-16)12(17)15(9)11(10)13(18)19/h2,8-9,16H,3-6,14H2,1H3,(H,18,19)/b7-2+/t8-,9-/m1/s1. The number of rotatable bonds is 6. The van der Waals surface area contributed by atoms with E-state index in [0.29, 0.717) is 24.3 Å². The lowest BCUT2D eigenvalue weighted by atomic mass is 9.85. The fourth-order valence-corrected chi connectivity index (χ4v) is 3.81. The first-order valence-electron chi connectivity index (χ1n) is 6.46. The maximum atomic E-state index is 12.0. The second-order valence-corrected chi connectivity index (χ2v) is 6.17. The average Bonchev–Trinajstić information content (AvgIpc) is 2.71. The van der Waals surface area contributed by atoms with Crippen molar-refractivity contribution in [1.29, 1.82) is 0 Å². The molecule has 0 aromatic heterocycles. The second kappa shape index (κ2) is 5.99. The quantitative estimate of drug-likeness (QED) is 0.617. The normalized spacial score (nSPS) is 25.9. The Bertz CT molecular complexity index is 501. The maximum absolute atomic E-state index is 12.0. The van der Waals surface area contributed by atoms with Gasteiger partial charge in [-0.3, -0.25) is 4.79 Å². The molecule has 2 aliphatic heterocycles. The van der Waals surface area contributed by atoms with Crippen molar-refractivity contribution >= 4 is 23.6 Å². The lowest BCUT2D eigenvalue weighted by molar-refractivity contribution is -0.155. The summed E-state index contributed by atoms with van der Waals surface area (Å²) in [6, 6.07) is -0.117. The summed E-state index contributed by atoms with van der Waals surface area (Å²) in [6.07, 6.45) is 2.75. The number of thioether (sulfide) groups is 1. The number of carbonyl (C=O) groups is 2. The van der Waals surface area contributed by atoms with Crippen LogP contribution >= 0.6 is 11.8 Å². The van der Waals surface area contributed by atoms with E-state index in [-0.39, 0.29) is 30.2 Å². The van der Waals surface area contributed by atoms with Gasteiger partial charge in [0.2, 0.25) is 5.91 Å². The van der Waals surface area contributed by atoms with E-state index in [0.717, 1.165) is 4.91 Å². The fourth-order valence-electron chi connectivity index (χ4n) is 2.70. The molecule has 4 N–H and O–H groups in total. The van der Waals surface area contributed by atoms with Gasteiger partial charge >= 0.3 is 5.97 Å². The van der Waals surface area contributed by atoms with Gasteiger partial charge in [-0.15, -0.1) is 0 Å². The van der Waals surface area contributed by atoms with Crippen LogP contribution in [0, 0.1) is 5.92 Å². The highest BCUT2D eigenvalue weighted by Gasteiger charge is 2.54. The van der Waals surface area contributed by atoms with E-state index >= 15 is 0 Å². The molecule has 0 bridgehead atoms. The minimum Gasteiger partial charge on any atom is -0.477 e. The first-order valence-corrected chi connectivity index (χ1v) is 7.28. The Morgan fingerprint density at radius 3 is 2.85 bits per heavy atom. The average molecular weight is 298 g/mol. The SMILES string of the molecule is C/C(=C\CN)SC1=C(C(=O)O)N2C(=O)[C@H](CCO)[C@H]2C1. The summed E-state index contributed by atoms with van der Waals surface area (Å²) in [5.74, 6) is -1.53. The Morgan fingerprint density at radius 2 is 2.30 bits per heavy atom. The predicted octanol–water partition coefficient (Wildman–Crippen LogP) is 0.491. The number of nitrogens with two attached hydrogens (primary N) is 1. The molecule has 2 aliphatic rings. The maximum Gasteiger partial charge on any atom is 0.353 e. The van der Waals surface area contributed by atoms with E-state index < -0.39 is 5.97 Å². The van der Waals surface area contributed by atoms with Crippen molar-refractivity contribution < 1.29 is 19.8 Å². The fraction of sp³-hybridized carbons (Fsp3) is 0.538. The Hall–Kier alpha value is -1.31. The van der Waals surface area contributed by atoms with Crippen molar-refractivity contribution in [3.8, 4) is 0 Å². The van der Waals surface area contributed by atoms with Gasteiger partial charge in [-0.2, -0.15) is 0 Å². The highest BCUT2D eigenvalue weighted by atomic mass is 32.2. The number of fused-ring (bicyclic) bond motifs is 1. The molecule has 110 valence electrons. The zero-order valence-electron chi connectivity index (χ0n) is 11.2. The lowest BCUT2D eigenvalue weighted by Gasteiger charge is -2.43. The number of aliphatic carboxylic acids is 1. The molecular formula is C13H18N2O4S. The van der Waals surface area contributed by atoms with Gasteiger partial charge in [-0.1, -0.05) is 17.8 Å². The Balaban J connectivity index is 2.21. The number of aliphatic hydroxyl groups excluding tert-OH is 1. The van der Waals surface area contributed by atoms with Crippen LogP contribution in [0.5, 0.6) is 0 Å². The van der Waals surface area contributed by atoms with Crippen LogP contribution in [0.4, 0.5) is 0 Å². The number of amides is 1. The molecule has 2 atom stereocenters. The molecule has 2 heterocycles. The van der Waals surface area contributed by atoms with E-state index in [1.165, 1.54) is 16.7 Å². The van der Waals surface area contributed by atoms with Crippen LogP contribution in [-0.4, -0.2) is 46.2 Å². The van der Waals surface area contributed by atoms with Gasteiger partial charge in [0.15, 0.2) is 0 Å². The molecule has 2 rings (SSSR count). The topological polar surface area (TPSA) is 104 Å². The molecule has 6 nitrogen and oxygen atoms in total. The van der Waals surface area contributed by atoms with E-state index in [9.17, 15) is 14.7 Å². The smallest absolute Gasteiger partial charge is 0.353 e. The Kier molecular flexibility index (Phi) is 4.52. The zero-order valence-corrected chi connectivity index (χ0v) is 12.0. The minimum atomic E-state index is -1.08. The molecule has 7 heteroatoms. The molecule has 0 aromatic rings. The number of β-lactam (4-membered cyclic amide) rings is 1. The Morgan fingerprint density at radius 1 is 1.60 bits per heavy atom. The molecule has 1 fully saturated rings. The molecule has 0 unspecified atom stereocenters. The monoisotopic (exact) mass is 298 g/mol. The molecule has 0 radical (unpaired) electrons. The number of nitrogens with zero attached hydrogens (tertiary/aromatic N) is 1. The number of aliphatic hydroxyl groups is 1. The highest BCUT2D eigenvalue weighted by Crippen LogP contribution is 2.48. The number of hydrogen-bond acceptors (Lipinski definition) is 5. The number of carbonyl (C=O) groups excluding carboxylic acids is 1. The summed E-state index contributed by atoms with van der Waals surface area (Å²) in [4.78, 5) is 26.4. The van der Waals surface area contributed by atoms with E-state index in [1.807, 2.05) is 13.0 Å². The van der Waals surface area contributed by atoms with E-state index in [1.54, 1.807) is 0 Å². The van der Waals surface area contributed by atoms with Gasteiger partial charge in [-0.05, 0) is 18.2 Å².